The summed E-state index contributed by atoms with van der Waals surface area (Å²) in [6.45, 7) is 5.28. The molecule has 10 heteroatoms. The Morgan fingerprint density at radius 1 is 1.19 bits per heavy atom. The highest BCUT2D eigenvalue weighted by Crippen LogP contribution is 2.23. The number of benzene rings is 1. The van der Waals surface area contributed by atoms with E-state index in [1.807, 2.05) is 6.92 Å². The Kier molecular flexibility index (Phi) is 8.82. The molecule has 0 unspecified atom stereocenters. The predicted octanol–water partition coefficient (Wildman–Crippen LogP) is 0.0203. The zero-order chi connectivity index (χ0) is 22.3. The minimum absolute atomic E-state index is 0.0276. The summed E-state index contributed by atoms with van der Waals surface area (Å²) >= 11 is 0. The smallest absolute Gasteiger partial charge is 0.240 e. The summed E-state index contributed by atoms with van der Waals surface area (Å²) in [6, 6.07) is 6.14. The number of carbonyl (C=O) groups excluding carboxylic acids is 1. The molecule has 1 aromatic carbocycles. The van der Waals surface area contributed by atoms with Crippen molar-refractivity contribution in [3.63, 3.8) is 0 Å². The Labute approximate surface area is 184 Å². The maximum Gasteiger partial charge on any atom is 0.240 e. The zero-order valence-corrected chi connectivity index (χ0v) is 18.8. The molecule has 0 bridgehead atoms. The molecule has 0 saturated carbocycles. The Hall–Kier alpha value is -1.56. The van der Waals surface area contributed by atoms with Gasteiger partial charge in [0, 0.05) is 19.6 Å². The zero-order valence-electron chi connectivity index (χ0n) is 18.0. The molecule has 174 valence electrons. The molecule has 2 saturated heterocycles. The van der Waals surface area contributed by atoms with Gasteiger partial charge in [-0.05, 0) is 38.3 Å². The van der Waals surface area contributed by atoms with Gasteiger partial charge in [-0.1, -0.05) is 17.7 Å². The van der Waals surface area contributed by atoms with Gasteiger partial charge in [-0.15, -0.1) is 0 Å². The summed E-state index contributed by atoms with van der Waals surface area (Å²) in [5, 5.41) is 12.6. The van der Waals surface area contributed by atoms with Crippen molar-refractivity contribution < 1.29 is 27.8 Å². The van der Waals surface area contributed by atoms with Crippen LogP contribution >= 0.6 is 0 Å². The molecule has 0 aliphatic carbocycles. The highest BCUT2D eigenvalue weighted by Gasteiger charge is 2.33. The van der Waals surface area contributed by atoms with E-state index in [1.165, 1.54) is 0 Å². The summed E-state index contributed by atoms with van der Waals surface area (Å²) < 4.78 is 39.2. The first-order chi connectivity index (χ1) is 14.9. The van der Waals surface area contributed by atoms with Gasteiger partial charge in [-0.2, -0.15) is 0 Å². The lowest BCUT2D eigenvalue weighted by atomic mass is 9.98. The molecular weight excluding hydrogens is 422 g/mol. The number of aryl methyl sites for hydroxylation is 1. The van der Waals surface area contributed by atoms with Crippen LogP contribution in [0.5, 0.6) is 0 Å². The molecule has 3 atom stereocenters. The van der Waals surface area contributed by atoms with Crippen molar-refractivity contribution in [1.82, 2.24) is 14.9 Å². The van der Waals surface area contributed by atoms with E-state index in [4.69, 9.17) is 9.47 Å². The number of amides is 1. The average molecular weight is 456 g/mol. The Balaban J connectivity index is 1.43. The van der Waals surface area contributed by atoms with Crippen LogP contribution in [0, 0.1) is 6.92 Å². The lowest BCUT2D eigenvalue weighted by molar-refractivity contribution is -0.123. The molecule has 31 heavy (non-hydrogen) atoms. The van der Waals surface area contributed by atoms with Gasteiger partial charge in [0.2, 0.25) is 15.9 Å². The monoisotopic (exact) mass is 455 g/mol. The molecule has 0 spiro atoms. The molecule has 1 amide bonds. The molecule has 1 aromatic rings. The quantitative estimate of drug-likeness (QED) is 0.481. The summed E-state index contributed by atoms with van der Waals surface area (Å²) in [6.07, 6.45) is 1.06. The van der Waals surface area contributed by atoms with Crippen LogP contribution in [0.2, 0.25) is 0 Å². The summed E-state index contributed by atoms with van der Waals surface area (Å²) in [5.74, 6) is -0.0276. The van der Waals surface area contributed by atoms with E-state index < -0.39 is 22.2 Å². The molecule has 0 radical (unpaired) electrons. The first-order valence-electron chi connectivity index (χ1n) is 10.8. The topological polar surface area (TPSA) is 117 Å². The number of sulfonamides is 1. The maximum absolute atomic E-state index is 12.7. The summed E-state index contributed by atoms with van der Waals surface area (Å²) in [7, 11) is -3.69. The van der Waals surface area contributed by atoms with E-state index in [9.17, 15) is 18.3 Å². The van der Waals surface area contributed by atoms with Crippen molar-refractivity contribution in [3.8, 4) is 0 Å². The van der Waals surface area contributed by atoms with E-state index >= 15 is 0 Å². The number of aliphatic hydroxyl groups excluding tert-OH is 1. The van der Waals surface area contributed by atoms with Crippen LogP contribution in [0.1, 0.15) is 24.8 Å². The molecule has 3 rings (SSSR count). The van der Waals surface area contributed by atoms with Gasteiger partial charge in [0.1, 0.15) is 0 Å². The van der Waals surface area contributed by atoms with E-state index in [0.717, 1.165) is 18.7 Å². The van der Waals surface area contributed by atoms with Crippen LogP contribution in [0.4, 0.5) is 0 Å². The Bertz CT molecular complexity index is 811. The Morgan fingerprint density at radius 3 is 2.58 bits per heavy atom. The number of ether oxygens (including phenoxy) is 2. The second-order valence-electron chi connectivity index (χ2n) is 8.12. The highest BCUT2D eigenvalue weighted by molar-refractivity contribution is 7.89. The van der Waals surface area contributed by atoms with E-state index in [1.54, 1.807) is 24.3 Å². The first kappa shape index (κ1) is 24.1. The summed E-state index contributed by atoms with van der Waals surface area (Å²) in [4.78, 5) is 14.3. The summed E-state index contributed by atoms with van der Waals surface area (Å²) in [5.41, 5.74) is 0.980. The largest absolute Gasteiger partial charge is 0.394 e. The van der Waals surface area contributed by atoms with E-state index in [-0.39, 0.29) is 23.5 Å². The van der Waals surface area contributed by atoms with Crippen molar-refractivity contribution in [1.29, 1.82) is 0 Å². The first-order valence-corrected chi connectivity index (χ1v) is 12.3. The third kappa shape index (κ3) is 7.23. The fourth-order valence-electron chi connectivity index (χ4n) is 3.85. The number of rotatable bonds is 9. The second-order valence-corrected chi connectivity index (χ2v) is 9.84. The third-order valence-corrected chi connectivity index (χ3v) is 7.20. The van der Waals surface area contributed by atoms with Crippen LogP contribution in [-0.4, -0.2) is 88.6 Å². The van der Waals surface area contributed by atoms with Crippen LogP contribution in [0.15, 0.2) is 29.2 Å². The SMILES string of the molecule is Cc1ccc(S(=O)(=O)N[C@H]2CC[C@@H](CCNC(=O)CN3CCOCC3)O[C@H]2CO)cc1. The van der Waals surface area contributed by atoms with Gasteiger partial charge in [0.05, 0.1) is 49.5 Å². The lowest BCUT2D eigenvalue weighted by Crippen LogP contribution is -2.51. The molecule has 2 aliphatic heterocycles. The number of aliphatic hydroxyl groups is 1. The standard InChI is InChI=1S/C21H33N3O6S/c1-16-2-5-18(6-3-16)31(27,28)23-19-7-4-17(30-20(19)15-25)8-9-22-21(26)14-24-10-12-29-13-11-24/h2-3,5-6,17,19-20,23,25H,4,7-15H2,1H3,(H,22,26)/t17-,19-,20-/m0/s1. The average Bonchev–Trinajstić information content (AvgIpc) is 2.75. The lowest BCUT2D eigenvalue weighted by Gasteiger charge is -2.36. The minimum Gasteiger partial charge on any atom is -0.394 e. The number of carbonyl (C=O) groups is 1. The van der Waals surface area contributed by atoms with Crippen molar-refractivity contribution in [2.75, 3.05) is 46.0 Å². The van der Waals surface area contributed by atoms with Gasteiger partial charge in [-0.25, -0.2) is 13.1 Å². The van der Waals surface area contributed by atoms with Gasteiger partial charge in [-0.3, -0.25) is 9.69 Å². The van der Waals surface area contributed by atoms with Gasteiger partial charge in [0.15, 0.2) is 0 Å². The molecule has 2 heterocycles. The van der Waals surface area contributed by atoms with Crippen molar-refractivity contribution in [3.05, 3.63) is 29.8 Å². The van der Waals surface area contributed by atoms with Crippen LogP contribution in [-0.2, 0) is 24.3 Å². The predicted molar refractivity (Wildman–Crippen MR) is 115 cm³/mol. The molecular formula is C21H33N3O6S. The van der Waals surface area contributed by atoms with Crippen molar-refractivity contribution in [2.24, 2.45) is 0 Å². The molecule has 3 N–H and O–H groups in total. The number of nitrogens with zero attached hydrogens (tertiary/aromatic N) is 1. The highest BCUT2D eigenvalue weighted by atomic mass is 32.2. The van der Waals surface area contributed by atoms with Gasteiger partial charge >= 0.3 is 0 Å². The number of nitrogens with one attached hydrogen (secondary N) is 2. The van der Waals surface area contributed by atoms with E-state index in [0.29, 0.717) is 45.6 Å². The number of hydrogen-bond acceptors (Lipinski definition) is 7. The van der Waals surface area contributed by atoms with Gasteiger partial charge < -0.3 is 19.9 Å². The van der Waals surface area contributed by atoms with Crippen LogP contribution in [0.25, 0.3) is 0 Å². The normalized spacial score (nSPS) is 25.3. The Morgan fingerprint density at radius 2 is 1.90 bits per heavy atom. The number of morpholine rings is 1. The van der Waals surface area contributed by atoms with Crippen LogP contribution < -0.4 is 10.0 Å². The molecule has 9 nitrogen and oxygen atoms in total. The van der Waals surface area contributed by atoms with E-state index in [2.05, 4.69) is 14.9 Å². The third-order valence-electron chi connectivity index (χ3n) is 5.69. The molecule has 0 aromatic heterocycles. The van der Waals surface area contributed by atoms with Crippen molar-refractivity contribution >= 4 is 15.9 Å². The minimum atomic E-state index is -3.69. The maximum atomic E-state index is 12.7. The fourth-order valence-corrected chi connectivity index (χ4v) is 5.15. The fraction of sp³-hybridized carbons (Fsp3) is 0.667. The van der Waals surface area contributed by atoms with Crippen LogP contribution in [0.3, 0.4) is 0 Å². The molecule has 2 fully saturated rings. The van der Waals surface area contributed by atoms with Crippen molar-refractivity contribution in [2.45, 2.75) is 49.3 Å². The second kappa shape index (κ2) is 11.3. The number of hydrogen-bond donors (Lipinski definition) is 3. The molecule has 2 aliphatic rings. The van der Waals surface area contributed by atoms with Gasteiger partial charge in [0.25, 0.3) is 0 Å².